The second-order valence-corrected chi connectivity index (χ2v) is 5.25. The largest absolute Gasteiger partial charge is 0.324 e. The van der Waals surface area contributed by atoms with Crippen molar-refractivity contribution in [2.24, 2.45) is 0 Å². The number of carbonyl (C=O) groups excluding carboxylic acids is 1. The van der Waals surface area contributed by atoms with Crippen molar-refractivity contribution in [2.45, 2.75) is 19.8 Å². The van der Waals surface area contributed by atoms with Crippen molar-refractivity contribution in [1.82, 2.24) is 0 Å². The van der Waals surface area contributed by atoms with Gasteiger partial charge in [0, 0.05) is 5.69 Å². The molecule has 2 rings (SSSR count). The number of hydrogen-bond donors (Lipinski definition) is 2. The molecule has 4 heteroatoms. The zero-order valence-electron chi connectivity index (χ0n) is 10.4. The maximum Gasteiger partial charge on any atom is 0.324 e. The van der Waals surface area contributed by atoms with Crippen molar-refractivity contribution in [3.63, 3.8) is 0 Å². The van der Waals surface area contributed by atoms with Crippen molar-refractivity contribution < 1.29 is 4.79 Å². The number of benzene rings is 1. The van der Waals surface area contributed by atoms with Crippen LogP contribution in [0.1, 0.15) is 25.3 Å². The number of nitrogens with one attached hydrogen (secondary N) is 2. The lowest BCUT2D eigenvalue weighted by Crippen LogP contribution is -2.19. The van der Waals surface area contributed by atoms with Gasteiger partial charge in [-0.15, -0.1) is 11.3 Å². The SMILES string of the molecule is CC(C)c1ccccc1NC(=O)Nc1cccs1. The van der Waals surface area contributed by atoms with Crippen LogP contribution < -0.4 is 10.6 Å². The summed E-state index contributed by atoms with van der Waals surface area (Å²) in [7, 11) is 0. The summed E-state index contributed by atoms with van der Waals surface area (Å²) in [6.07, 6.45) is 0. The van der Waals surface area contributed by atoms with Gasteiger partial charge in [0.15, 0.2) is 0 Å². The van der Waals surface area contributed by atoms with Crippen molar-refractivity contribution >= 4 is 28.1 Å². The first-order valence-electron chi connectivity index (χ1n) is 5.87. The third kappa shape index (κ3) is 3.11. The van der Waals surface area contributed by atoms with Crippen LogP contribution in [-0.2, 0) is 0 Å². The molecule has 0 radical (unpaired) electrons. The Morgan fingerprint density at radius 3 is 2.56 bits per heavy atom. The number of urea groups is 1. The fourth-order valence-electron chi connectivity index (χ4n) is 1.73. The molecule has 1 aromatic heterocycles. The van der Waals surface area contributed by atoms with Crippen LogP contribution in [0.4, 0.5) is 15.5 Å². The summed E-state index contributed by atoms with van der Waals surface area (Å²) in [4.78, 5) is 11.8. The number of para-hydroxylation sites is 1. The summed E-state index contributed by atoms with van der Waals surface area (Å²) in [5, 5.41) is 8.46. The first kappa shape index (κ1) is 12.6. The monoisotopic (exact) mass is 260 g/mol. The van der Waals surface area contributed by atoms with Gasteiger partial charge in [-0.05, 0) is 35.1 Å². The maximum absolute atomic E-state index is 11.8. The molecule has 0 saturated heterocycles. The molecule has 94 valence electrons. The van der Waals surface area contributed by atoms with Gasteiger partial charge in [-0.2, -0.15) is 0 Å². The Morgan fingerprint density at radius 1 is 1.11 bits per heavy atom. The molecule has 0 aliphatic carbocycles. The average molecular weight is 260 g/mol. The lowest BCUT2D eigenvalue weighted by atomic mass is 10.0. The minimum atomic E-state index is -0.203. The first-order chi connectivity index (χ1) is 8.66. The Balaban J connectivity index is 2.07. The zero-order chi connectivity index (χ0) is 13.0. The molecule has 2 aromatic rings. The standard InChI is InChI=1S/C14H16N2OS/c1-10(2)11-6-3-4-7-12(11)15-14(17)16-13-8-5-9-18-13/h3-10H,1-2H3,(H2,15,16,17). The predicted octanol–water partition coefficient (Wildman–Crippen LogP) is 4.52. The van der Waals surface area contributed by atoms with Gasteiger partial charge in [-0.25, -0.2) is 4.79 Å². The van der Waals surface area contributed by atoms with Crippen molar-refractivity contribution in [1.29, 1.82) is 0 Å². The van der Waals surface area contributed by atoms with E-state index in [0.717, 1.165) is 16.3 Å². The van der Waals surface area contributed by atoms with E-state index in [1.165, 1.54) is 11.3 Å². The summed E-state index contributed by atoms with van der Waals surface area (Å²) in [6, 6.07) is 11.4. The zero-order valence-corrected chi connectivity index (χ0v) is 11.3. The quantitative estimate of drug-likeness (QED) is 0.837. The van der Waals surface area contributed by atoms with Crippen LogP contribution in [0.25, 0.3) is 0 Å². The van der Waals surface area contributed by atoms with Crippen LogP contribution in [0, 0.1) is 0 Å². The lowest BCUT2D eigenvalue weighted by Gasteiger charge is -2.13. The topological polar surface area (TPSA) is 41.1 Å². The molecule has 0 aliphatic heterocycles. The third-order valence-electron chi connectivity index (χ3n) is 2.59. The Bertz CT molecular complexity index is 520. The van der Waals surface area contributed by atoms with E-state index in [4.69, 9.17) is 0 Å². The molecular formula is C14H16N2OS. The second kappa shape index (κ2) is 5.69. The molecule has 0 unspecified atom stereocenters. The highest BCUT2D eigenvalue weighted by molar-refractivity contribution is 7.14. The van der Waals surface area contributed by atoms with Crippen LogP contribution >= 0.6 is 11.3 Å². The molecule has 0 saturated carbocycles. The smallest absolute Gasteiger partial charge is 0.307 e. The number of rotatable bonds is 3. The van der Waals surface area contributed by atoms with Gasteiger partial charge in [-0.3, -0.25) is 5.32 Å². The molecule has 0 atom stereocenters. The van der Waals surface area contributed by atoms with Gasteiger partial charge in [0.2, 0.25) is 0 Å². The average Bonchev–Trinajstić information content (AvgIpc) is 2.82. The van der Waals surface area contributed by atoms with Gasteiger partial charge in [0.05, 0.1) is 5.00 Å². The molecule has 2 amide bonds. The van der Waals surface area contributed by atoms with Crippen molar-refractivity contribution in [3.8, 4) is 0 Å². The summed E-state index contributed by atoms with van der Waals surface area (Å²) in [6.45, 7) is 4.22. The number of hydrogen-bond acceptors (Lipinski definition) is 2. The second-order valence-electron chi connectivity index (χ2n) is 4.30. The molecule has 1 heterocycles. The van der Waals surface area contributed by atoms with E-state index in [0.29, 0.717) is 5.92 Å². The molecule has 18 heavy (non-hydrogen) atoms. The minimum absolute atomic E-state index is 0.203. The van der Waals surface area contributed by atoms with E-state index < -0.39 is 0 Å². The van der Waals surface area contributed by atoms with E-state index >= 15 is 0 Å². The van der Waals surface area contributed by atoms with Crippen LogP contribution in [0.5, 0.6) is 0 Å². The van der Waals surface area contributed by atoms with Gasteiger partial charge >= 0.3 is 6.03 Å². The molecule has 3 nitrogen and oxygen atoms in total. The van der Waals surface area contributed by atoms with Crippen LogP contribution in [-0.4, -0.2) is 6.03 Å². The van der Waals surface area contributed by atoms with Gasteiger partial charge < -0.3 is 5.32 Å². The molecule has 0 aliphatic rings. The third-order valence-corrected chi connectivity index (χ3v) is 3.37. The molecule has 1 aromatic carbocycles. The Hall–Kier alpha value is -1.81. The maximum atomic E-state index is 11.8. The molecule has 2 N–H and O–H groups in total. The van der Waals surface area contributed by atoms with Crippen molar-refractivity contribution in [2.75, 3.05) is 10.6 Å². The number of anilines is 2. The first-order valence-corrected chi connectivity index (χ1v) is 6.75. The van der Waals surface area contributed by atoms with E-state index in [2.05, 4.69) is 24.5 Å². The van der Waals surface area contributed by atoms with Crippen LogP contribution in [0.3, 0.4) is 0 Å². The number of thiophene rings is 1. The normalized spacial score (nSPS) is 10.4. The highest BCUT2D eigenvalue weighted by Gasteiger charge is 2.09. The Labute approximate surface area is 111 Å². The predicted molar refractivity (Wildman–Crippen MR) is 77.5 cm³/mol. The van der Waals surface area contributed by atoms with E-state index in [-0.39, 0.29) is 6.03 Å². The lowest BCUT2D eigenvalue weighted by molar-refractivity contribution is 0.262. The molecule has 0 fully saturated rings. The van der Waals surface area contributed by atoms with E-state index in [1.54, 1.807) is 0 Å². The molecular weight excluding hydrogens is 244 g/mol. The summed E-state index contributed by atoms with van der Waals surface area (Å²) in [5.74, 6) is 0.378. The van der Waals surface area contributed by atoms with Crippen LogP contribution in [0.15, 0.2) is 41.8 Å². The highest BCUT2D eigenvalue weighted by Crippen LogP contribution is 2.24. The van der Waals surface area contributed by atoms with Crippen LogP contribution in [0.2, 0.25) is 0 Å². The van der Waals surface area contributed by atoms with Gasteiger partial charge in [0.25, 0.3) is 0 Å². The number of carbonyl (C=O) groups is 1. The highest BCUT2D eigenvalue weighted by atomic mass is 32.1. The molecule has 0 spiro atoms. The minimum Gasteiger partial charge on any atom is -0.307 e. The fourth-order valence-corrected chi connectivity index (χ4v) is 2.34. The van der Waals surface area contributed by atoms with E-state index in [9.17, 15) is 4.79 Å². The van der Waals surface area contributed by atoms with Gasteiger partial charge in [0.1, 0.15) is 0 Å². The fraction of sp³-hybridized carbons (Fsp3) is 0.214. The van der Waals surface area contributed by atoms with Gasteiger partial charge in [-0.1, -0.05) is 32.0 Å². The summed E-state index contributed by atoms with van der Waals surface area (Å²) >= 11 is 1.50. The van der Waals surface area contributed by atoms with Crippen molar-refractivity contribution in [3.05, 3.63) is 47.3 Å². The summed E-state index contributed by atoms with van der Waals surface area (Å²) in [5.41, 5.74) is 2.00. The van der Waals surface area contributed by atoms with E-state index in [1.807, 2.05) is 41.8 Å². The Kier molecular flexibility index (Phi) is 3.99. The number of amides is 2. The Morgan fingerprint density at radius 2 is 1.89 bits per heavy atom. The molecule has 0 bridgehead atoms. The summed E-state index contributed by atoms with van der Waals surface area (Å²) < 4.78 is 0.